The van der Waals surface area contributed by atoms with Gasteiger partial charge in [0, 0.05) is 11.9 Å². The van der Waals surface area contributed by atoms with Crippen molar-refractivity contribution >= 4 is 11.6 Å². The van der Waals surface area contributed by atoms with Crippen LogP contribution in [0.15, 0.2) is 41.3 Å². The Hall–Kier alpha value is -2.87. The van der Waals surface area contributed by atoms with E-state index in [1.165, 1.54) is 6.20 Å². The Morgan fingerprint density at radius 2 is 1.95 bits per heavy atom. The highest BCUT2D eigenvalue weighted by Crippen LogP contribution is 2.11. The molecule has 19 heavy (non-hydrogen) atoms. The summed E-state index contributed by atoms with van der Waals surface area (Å²) in [6.45, 7) is 1.70. The third-order valence-corrected chi connectivity index (χ3v) is 2.67. The molecule has 0 aliphatic rings. The lowest BCUT2D eigenvalue weighted by molar-refractivity contribution is 0.102. The molecule has 5 nitrogen and oxygen atoms in total. The molecule has 1 aromatic carbocycles. The van der Waals surface area contributed by atoms with Gasteiger partial charge >= 0.3 is 0 Å². The van der Waals surface area contributed by atoms with Crippen LogP contribution in [0.5, 0.6) is 0 Å². The Bertz CT molecular complexity index is 709. The number of carbonyl (C=O) groups excluding carboxylic acids is 1. The monoisotopic (exact) mass is 253 g/mol. The summed E-state index contributed by atoms with van der Waals surface area (Å²) < 4.78 is 0. The van der Waals surface area contributed by atoms with Crippen molar-refractivity contribution in [3.63, 3.8) is 0 Å². The van der Waals surface area contributed by atoms with Crippen LogP contribution in [0.1, 0.15) is 21.5 Å². The molecule has 1 amide bonds. The Labute approximate surface area is 109 Å². The third kappa shape index (κ3) is 2.69. The second-order valence-corrected chi connectivity index (χ2v) is 4.01. The number of nitrogens with zero attached hydrogens (tertiary/aromatic N) is 1. The Kier molecular flexibility index (Phi) is 3.44. The van der Waals surface area contributed by atoms with E-state index < -0.39 is 11.5 Å². The molecule has 0 fully saturated rings. The second kappa shape index (κ2) is 5.19. The smallest absolute Gasteiger partial charge is 0.261 e. The highest BCUT2D eigenvalue weighted by Gasteiger charge is 2.13. The average molecular weight is 253 g/mol. The van der Waals surface area contributed by atoms with E-state index in [9.17, 15) is 9.59 Å². The van der Waals surface area contributed by atoms with Gasteiger partial charge in [-0.1, -0.05) is 0 Å². The highest BCUT2D eigenvalue weighted by molar-refractivity contribution is 6.04. The van der Waals surface area contributed by atoms with Crippen LogP contribution in [0.25, 0.3) is 0 Å². The van der Waals surface area contributed by atoms with E-state index in [1.807, 2.05) is 6.07 Å². The molecule has 0 aliphatic heterocycles. The number of aromatic nitrogens is 1. The molecule has 0 saturated carbocycles. The van der Waals surface area contributed by atoms with Crippen LogP contribution in [0.2, 0.25) is 0 Å². The number of pyridine rings is 1. The van der Waals surface area contributed by atoms with E-state index in [4.69, 9.17) is 5.26 Å². The first-order valence-corrected chi connectivity index (χ1v) is 5.61. The molecular weight excluding hydrogens is 242 g/mol. The number of amides is 1. The largest absolute Gasteiger partial charge is 0.328 e. The first-order valence-electron chi connectivity index (χ1n) is 5.61. The number of rotatable bonds is 2. The maximum Gasteiger partial charge on any atom is 0.261 e. The number of benzene rings is 1. The van der Waals surface area contributed by atoms with Crippen molar-refractivity contribution in [3.05, 3.63) is 63.6 Å². The fourth-order valence-corrected chi connectivity index (χ4v) is 1.68. The van der Waals surface area contributed by atoms with E-state index in [0.29, 0.717) is 16.8 Å². The third-order valence-electron chi connectivity index (χ3n) is 2.67. The molecule has 0 unspecified atom stereocenters. The first kappa shape index (κ1) is 12.6. The Morgan fingerprint density at radius 1 is 1.26 bits per heavy atom. The van der Waals surface area contributed by atoms with E-state index in [-0.39, 0.29) is 5.56 Å². The van der Waals surface area contributed by atoms with Gasteiger partial charge in [-0.15, -0.1) is 0 Å². The molecule has 1 heterocycles. The summed E-state index contributed by atoms with van der Waals surface area (Å²) in [6, 6.07) is 10.1. The van der Waals surface area contributed by atoms with Gasteiger partial charge in [0.2, 0.25) is 0 Å². The number of hydrogen-bond donors (Lipinski definition) is 2. The van der Waals surface area contributed by atoms with Gasteiger partial charge in [-0.2, -0.15) is 5.26 Å². The number of carbonyl (C=O) groups is 1. The molecule has 0 aliphatic carbocycles. The molecule has 0 radical (unpaired) electrons. The zero-order valence-corrected chi connectivity index (χ0v) is 10.2. The summed E-state index contributed by atoms with van der Waals surface area (Å²) in [6.07, 6.45) is 1.50. The zero-order chi connectivity index (χ0) is 13.8. The molecule has 0 saturated heterocycles. The standard InChI is InChI=1S/C14H11N3O2/c1-9-6-7-16-13(18)12(9)14(19)17-11-4-2-10(8-15)3-5-11/h2-7H,1H3,(H,16,18)(H,17,19). The first-order chi connectivity index (χ1) is 9.11. The molecule has 0 spiro atoms. The number of hydrogen-bond acceptors (Lipinski definition) is 3. The van der Waals surface area contributed by atoms with Gasteiger partial charge in [0.1, 0.15) is 5.56 Å². The van der Waals surface area contributed by atoms with Crippen molar-refractivity contribution in [2.75, 3.05) is 5.32 Å². The van der Waals surface area contributed by atoms with E-state index in [2.05, 4.69) is 10.3 Å². The fraction of sp³-hybridized carbons (Fsp3) is 0.0714. The molecule has 5 heteroatoms. The highest BCUT2D eigenvalue weighted by atomic mass is 16.2. The maximum atomic E-state index is 12.0. The second-order valence-electron chi connectivity index (χ2n) is 4.01. The Balaban J connectivity index is 2.26. The van der Waals surface area contributed by atoms with E-state index in [1.54, 1.807) is 37.3 Å². The number of aromatic amines is 1. The zero-order valence-electron chi connectivity index (χ0n) is 10.2. The molecule has 0 atom stereocenters. The lowest BCUT2D eigenvalue weighted by Crippen LogP contribution is -2.24. The van der Waals surface area contributed by atoms with Gasteiger partial charge in [0.05, 0.1) is 11.6 Å². The van der Waals surface area contributed by atoms with Crippen molar-refractivity contribution in [2.45, 2.75) is 6.92 Å². The summed E-state index contributed by atoms with van der Waals surface area (Å²) >= 11 is 0. The topological polar surface area (TPSA) is 85.8 Å². The number of nitriles is 1. The molecule has 2 aromatic rings. The lowest BCUT2D eigenvalue weighted by atomic mass is 10.1. The predicted molar refractivity (Wildman–Crippen MR) is 70.9 cm³/mol. The minimum Gasteiger partial charge on any atom is -0.328 e. The quantitative estimate of drug-likeness (QED) is 0.855. The van der Waals surface area contributed by atoms with Crippen LogP contribution in [0, 0.1) is 18.3 Å². The van der Waals surface area contributed by atoms with Gasteiger partial charge in [-0.25, -0.2) is 0 Å². The van der Waals surface area contributed by atoms with Crippen LogP contribution in [0.4, 0.5) is 5.69 Å². The van der Waals surface area contributed by atoms with Gasteiger partial charge in [-0.3, -0.25) is 9.59 Å². The van der Waals surface area contributed by atoms with Crippen LogP contribution in [-0.2, 0) is 0 Å². The van der Waals surface area contributed by atoms with Crippen LogP contribution < -0.4 is 10.9 Å². The molecule has 2 rings (SSSR count). The van der Waals surface area contributed by atoms with E-state index in [0.717, 1.165) is 0 Å². The minimum atomic E-state index is -0.468. The summed E-state index contributed by atoms with van der Waals surface area (Å²) in [5.74, 6) is -0.468. The lowest BCUT2D eigenvalue weighted by Gasteiger charge is -2.06. The summed E-state index contributed by atoms with van der Waals surface area (Å²) in [5.41, 5.74) is 1.31. The maximum absolute atomic E-state index is 12.0. The van der Waals surface area contributed by atoms with Gasteiger partial charge in [-0.05, 0) is 42.8 Å². The fourth-order valence-electron chi connectivity index (χ4n) is 1.68. The molecule has 2 N–H and O–H groups in total. The number of aryl methyl sites for hydroxylation is 1. The van der Waals surface area contributed by atoms with Crippen molar-refractivity contribution < 1.29 is 4.79 Å². The summed E-state index contributed by atoms with van der Waals surface area (Å²) in [4.78, 5) is 26.1. The molecule has 94 valence electrons. The molecule has 1 aromatic heterocycles. The Morgan fingerprint density at radius 3 is 2.53 bits per heavy atom. The van der Waals surface area contributed by atoms with Gasteiger partial charge in [0.15, 0.2) is 0 Å². The number of nitrogens with one attached hydrogen (secondary N) is 2. The predicted octanol–water partition coefficient (Wildman–Crippen LogP) is 1.81. The van der Waals surface area contributed by atoms with Crippen molar-refractivity contribution in [3.8, 4) is 6.07 Å². The van der Waals surface area contributed by atoms with Crippen molar-refractivity contribution in [2.24, 2.45) is 0 Å². The molecule has 0 bridgehead atoms. The number of anilines is 1. The van der Waals surface area contributed by atoms with Crippen LogP contribution in [-0.4, -0.2) is 10.9 Å². The summed E-state index contributed by atoms with van der Waals surface area (Å²) in [7, 11) is 0. The normalized spacial score (nSPS) is 9.68. The number of H-pyrrole nitrogens is 1. The van der Waals surface area contributed by atoms with Crippen LogP contribution >= 0.6 is 0 Å². The SMILES string of the molecule is Cc1cc[nH]c(=O)c1C(=O)Nc1ccc(C#N)cc1. The van der Waals surface area contributed by atoms with Gasteiger partial charge < -0.3 is 10.3 Å². The van der Waals surface area contributed by atoms with E-state index >= 15 is 0 Å². The van der Waals surface area contributed by atoms with Gasteiger partial charge in [0.25, 0.3) is 11.5 Å². The van der Waals surface area contributed by atoms with Crippen LogP contribution in [0.3, 0.4) is 0 Å². The van der Waals surface area contributed by atoms with Crippen molar-refractivity contribution in [1.82, 2.24) is 4.98 Å². The van der Waals surface area contributed by atoms with Crippen molar-refractivity contribution in [1.29, 1.82) is 5.26 Å². The average Bonchev–Trinajstić information content (AvgIpc) is 2.39. The minimum absolute atomic E-state index is 0.0897. The molecular formula is C14H11N3O2. The summed E-state index contributed by atoms with van der Waals surface area (Å²) in [5, 5.41) is 11.3.